The molecule has 5 rings (SSSR count). The van der Waals surface area contributed by atoms with Crippen LogP contribution in [0.5, 0.6) is 11.5 Å². The van der Waals surface area contributed by atoms with Crippen LogP contribution in [0.3, 0.4) is 0 Å². The summed E-state index contributed by atoms with van der Waals surface area (Å²) in [6, 6.07) is 21.2. The maximum absolute atomic E-state index is 12.9. The second-order valence-corrected chi connectivity index (χ2v) is 11.5. The predicted octanol–water partition coefficient (Wildman–Crippen LogP) is 7.49. The van der Waals surface area contributed by atoms with E-state index in [1.54, 1.807) is 18.7 Å². The third kappa shape index (κ3) is 6.06. The predicted molar refractivity (Wildman–Crippen MR) is 163 cm³/mol. The van der Waals surface area contributed by atoms with Crippen molar-refractivity contribution in [3.63, 3.8) is 0 Å². The van der Waals surface area contributed by atoms with Gasteiger partial charge in [-0.1, -0.05) is 71.9 Å². The Morgan fingerprint density at radius 3 is 2.62 bits per heavy atom. The molecule has 1 N–H and O–H groups in total. The van der Waals surface area contributed by atoms with Crippen LogP contribution in [0.4, 0.5) is 5.95 Å². The number of thioether (sulfide) groups is 1. The fourth-order valence-corrected chi connectivity index (χ4v) is 6.36. The smallest absolute Gasteiger partial charge is 0.227 e. The van der Waals surface area contributed by atoms with Gasteiger partial charge in [0.1, 0.15) is 6.04 Å². The number of nitrogens with zero attached hydrogens (tertiary/aromatic N) is 3. The highest BCUT2D eigenvalue weighted by atomic mass is 79.9. The Morgan fingerprint density at radius 1 is 1.15 bits per heavy atom. The van der Waals surface area contributed by atoms with Gasteiger partial charge in [-0.25, -0.2) is 4.68 Å². The minimum Gasteiger partial charge on any atom is -0.493 e. The third-order valence-electron chi connectivity index (χ3n) is 6.57. The average molecular weight is 640 g/mol. The molecule has 10 heteroatoms. The van der Waals surface area contributed by atoms with Gasteiger partial charge in [0.2, 0.25) is 11.1 Å². The van der Waals surface area contributed by atoms with Crippen molar-refractivity contribution in [3.8, 4) is 11.5 Å². The first-order chi connectivity index (χ1) is 19.4. The van der Waals surface area contributed by atoms with E-state index in [1.807, 2.05) is 61.5 Å². The Balaban J connectivity index is 1.45. The summed E-state index contributed by atoms with van der Waals surface area (Å²) < 4.78 is 14.4. The molecule has 0 radical (unpaired) electrons. The molecule has 206 valence electrons. The van der Waals surface area contributed by atoms with Crippen LogP contribution >= 0.6 is 39.3 Å². The summed E-state index contributed by atoms with van der Waals surface area (Å²) >= 11 is 11.5. The Morgan fingerprint density at radius 2 is 1.90 bits per heavy atom. The van der Waals surface area contributed by atoms with Crippen LogP contribution in [0.25, 0.3) is 0 Å². The largest absolute Gasteiger partial charge is 0.493 e. The molecule has 0 aliphatic carbocycles. The lowest BCUT2D eigenvalue weighted by Gasteiger charge is -2.28. The zero-order valence-electron chi connectivity index (χ0n) is 22.3. The Labute approximate surface area is 251 Å². The van der Waals surface area contributed by atoms with Crippen LogP contribution in [0.2, 0.25) is 5.02 Å². The molecule has 0 saturated carbocycles. The summed E-state index contributed by atoms with van der Waals surface area (Å²) in [4.78, 5) is 17.6. The van der Waals surface area contributed by atoms with E-state index < -0.39 is 6.04 Å². The van der Waals surface area contributed by atoms with Crippen molar-refractivity contribution in [2.75, 3.05) is 19.0 Å². The van der Waals surface area contributed by atoms with E-state index in [4.69, 9.17) is 31.2 Å². The van der Waals surface area contributed by atoms with Crippen molar-refractivity contribution < 1.29 is 14.3 Å². The monoisotopic (exact) mass is 638 g/mol. The maximum atomic E-state index is 12.9. The number of carbonyl (C=O) groups excluding carboxylic acids is 1. The van der Waals surface area contributed by atoms with Gasteiger partial charge in [-0.05, 0) is 64.7 Å². The highest BCUT2D eigenvalue weighted by molar-refractivity contribution is 9.10. The molecule has 2 heterocycles. The fraction of sp³-hybridized carbons (Fsp3) is 0.233. The number of hydrogen-bond donors (Lipinski definition) is 1. The quantitative estimate of drug-likeness (QED) is 0.180. The second-order valence-electron chi connectivity index (χ2n) is 9.28. The number of hydrogen-bond acceptors (Lipinski definition) is 7. The van der Waals surface area contributed by atoms with Crippen LogP contribution in [-0.2, 0) is 17.0 Å². The van der Waals surface area contributed by atoms with Crippen LogP contribution in [0.15, 0.2) is 87.6 Å². The summed E-state index contributed by atoms with van der Waals surface area (Å²) in [5.74, 6) is 2.29. The molecule has 0 spiro atoms. The number of ether oxygens (including phenoxy) is 2. The molecule has 1 aromatic heterocycles. The van der Waals surface area contributed by atoms with Crippen molar-refractivity contribution in [2.24, 2.45) is 0 Å². The van der Waals surface area contributed by atoms with E-state index >= 15 is 0 Å². The molecule has 0 amide bonds. The molecule has 1 atom stereocenters. The molecule has 40 heavy (non-hydrogen) atoms. The van der Waals surface area contributed by atoms with Gasteiger partial charge in [-0.2, -0.15) is 4.98 Å². The first kappa shape index (κ1) is 28.3. The zero-order valence-corrected chi connectivity index (χ0v) is 25.4. The van der Waals surface area contributed by atoms with Crippen molar-refractivity contribution in [1.82, 2.24) is 14.8 Å². The minimum atomic E-state index is -0.500. The third-order valence-corrected chi connectivity index (χ3v) is 8.42. The number of methoxy groups -OCH3 is 1. The van der Waals surface area contributed by atoms with Crippen LogP contribution in [0.1, 0.15) is 36.6 Å². The van der Waals surface area contributed by atoms with Gasteiger partial charge in [0.25, 0.3) is 0 Å². The molecule has 0 bridgehead atoms. The summed E-state index contributed by atoms with van der Waals surface area (Å²) in [5.41, 5.74) is 4.35. The summed E-state index contributed by atoms with van der Waals surface area (Å²) in [6.45, 7) is 3.93. The molecule has 3 aromatic carbocycles. The van der Waals surface area contributed by atoms with Crippen molar-refractivity contribution in [3.05, 3.63) is 104 Å². The normalized spacial score (nSPS) is 14.5. The molecular formula is C30H28BrClN4O3S. The van der Waals surface area contributed by atoms with Gasteiger partial charge in [-0.15, -0.1) is 5.10 Å². The van der Waals surface area contributed by atoms with Crippen LogP contribution < -0.4 is 14.8 Å². The van der Waals surface area contributed by atoms with Crippen molar-refractivity contribution >= 4 is 51.0 Å². The molecule has 0 fully saturated rings. The fourth-order valence-electron chi connectivity index (χ4n) is 4.67. The van der Waals surface area contributed by atoms with Crippen molar-refractivity contribution in [1.29, 1.82) is 0 Å². The van der Waals surface area contributed by atoms with Gasteiger partial charge in [0.05, 0.1) is 18.2 Å². The lowest BCUT2D eigenvalue weighted by Crippen LogP contribution is -2.28. The van der Waals surface area contributed by atoms with Gasteiger partial charge < -0.3 is 14.8 Å². The molecule has 7 nitrogen and oxygen atoms in total. The summed E-state index contributed by atoms with van der Waals surface area (Å²) in [7, 11) is 1.61. The average Bonchev–Trinajstić information content (AvgIpc) is 3.35. The number of benzene rings is 3. The molecule has 1 unspecified atom stereocenters. The Bertz CT molecular complexity index is 1570. The van der Waals surface area contributed by atoms with E-state index in [0.717, 1.165) is 27.7 Å². The second kappa shape index (κ2) is 12.5. The molecule has 1 aliphatic rings. The summed E-state index contributed by atoms with van der Waals surface area (Å²) in [5, 5.41) is 9.34. The Kier molecular flexibility index (Phi) is 8.83. The first-order valence-corrected chi connectivity index (χ1v) is 14.9. The number of aromatic nitrogens is 3. The number of rotatable bonds is 10. The number of Topliss-reactive ketones (excluding diaryl/α,β-unsaturated/α-hetero) is 1. The highest BCUT2D eigenvalue weighted by Gasteiger charge is 2.34. The Hall–Kier alpha value is -3.27. The SMILES string of the molecule is COc1cc(C2C(C(C)=O)=C(C)Nc3nc(SCc4ccccc4Cl)nn32)cc(Br)c1OCCc1ccccc1. The molecular weight excluding hydrogens is 612 g/mol. The number of carbonyl (C=O) groups is 1. The standard InChI is InChI=1S/C30H28BrClN4O3S/c1-18-26(19(2)37)27(36-29(33-18)34-30(35-36)40-17-21-11-7-8-12-24(21)32)22-15-23(31)28(25(16-22)38-3)39-14-13-20-9-5-4-6-10-20/h4-12,15-16,27H,13-14,17H2,1-3H3,(H,33,34,35). The first-order valence-electron chi connectivity index (χ1n) is 12.7. The van der Waals surface area contributed by atoms with E-state index in [1.165, 1.54) is 17.3 Å². The van der Waals surface area contributed by atoms with Gasteiger partial charge in [0.15, 0.2) is 17.3 Å². The highest BCUT2D eigenvalue weighted by Crippen LogP contribution is 2.43. The topological polar surface area (TPSA) is 78.3 Å². The number of anilines is 1. The molecule has 4 aromatic rings. The molecule has 0 saturated heterocycles. The van der Waals surface area contributed by atoms with Crippen LogP contribution in [-0.4, -0.2) is 34.3 Å². The number of fused-ring (bicyclic) bond motifs is 1. The number of ketones is 1. The minimum absolute atomic E-state index is 0.0558. The lowest BCUT2D eigenvalue weighted by molar-refractivity contribution is -0.114. The van der Waals surface area contributed by atoms with E-state index in [9.17, 15) is 4.79 Å². The number of halogens is 2. The van der Waals surface area contributed by atoms with Gasteiger partial charge in [0, 0.05) is 28.5 Å². The van der Waals surface area contributed by atoms with Gasteiger partial charge in [-0.3, -0.25) is 4.79 Å². The lowest BCUT2D eigenvalue weighted by atomic mass is 9.93. The van der Waals surface area contributed by atoms with Crippen LogP contribution in [0, 0.1) is 0 Å². The summed E-state index contributed by atoms with van der Waals surface area (Å²) in [6.07, 6.45) is 0.764. The van der Waals surface area contributed by atoms with Crippen molar-refractivity contribution in [2.45, 2.75) is 37.2 Å². The number of allylic oxidation sites excluding steroid dienone is 2. The van der Waals surface area contributed by atoms with E-state index in [0.29, 0.717) is 45.6 Å². The van der Waals surface area contributed by atoms with E-state index in [2.05, 4.69) is 33.4 Å². The number of nitrogens with one attached hydrogen (secondary N) is 1. The maximum Gasteiger partial charge on any atom is 0.227 e. The van der Waals surface area contributed by atoms with Gasteiger partial charge >= 0.3 is 0 Å². The zero-order chi connectivity index (χ0) is 28.2. The molecule has 1 aliphatic heterocycles. The van der Waals surface area contributed by atoms with E-state index in [-0.39, 0.29) is 5.78 Å².